The van der Waals surface area contributed by atoms with Gasteiger partial charge in [-0.3, -0.25) is 9.59 Å². The van der Waals surface area contributed by atoms with Crippen molar-refractivity contribution in [3.63, 3.8) is 0 Å². The van der Waals surface area contributed by atoms with E-state index in [1.165, 1.54) is 19.8 Å². The minimum atomic E-state index is -0.206. The third-order valence-electron chi connectivity index (χ3n) is 3.56. The largest absolute Gasteiger partial charge is 0.489 e. The highest BCUT2D eigenvalue weighted by molar-refractivity contribution is 6.23. The van der Waals surface area contributed by atoms with Crippen LogP contribution in [-0.4, -0.2) is 30.6 Å². The third kappa shape index (κ3) is 3.18. The molecule has 4 heteroatoms. The summed E-state index contributed by atoms with van der Waals surface area (Å²) in [7, 11) is 2.81. The molecule has 4 nitrogen and oxygen atoms in total. The molecule has 0 aliphatic heterocycles. The van der Waals surface area contributed by atoms with Crippen LogP contribution >= 0.6 is 0 Å². The molecule has 0 radical (unpaired) electrons. The van der Waals surface area contributed by atoms with Crippen LogP contribution in [0.2, 0.25) is 0 Å². The fraction of sp³-hybridized carbons (Fsp3) is 0.500. The molecule has 0 saturated heterocycles. The summed E-state index contributed by atoms with van der Waals surface area (Å²) in [6, 6.07) is 0. The highest BCUT2D eigenvalue weighted by Crippen LogP contribution is 2.28. The molecule has 1 N–H and O–H groups in total. The van der Waals surface area contributed by atoms with Gasteiger partial charge in [-0.25, -0.2) is 0 Å². The first kappa shape index (κ1) is 16.2. The zero-order valence-corrected chi connectivity index (χ0v) is 12.9. The number of carbonyl (C=O) groups is 1. The molecule has 0 heterocycles. The summed E-state index contributed by atoms with van der Waals surface area (Å²) in [4.78, 5) is 22.5. The maximum Gasteiger partial charge on any atom is 0.388 e. The van der Waals surface area contributed by atoms with Crippen molar-refractivity contribution in [3.8, 4) is 0 Å². The van der Waals surface area contributed by atoms with Crippen LogP contribution < -0.4 is 0 Å². The van der Waals surface area contributed by atoms with Gasteiger partial charge in [-0.1, -0.05) is 18.6 Å². The quantitative estimate of drug-likeness (QED) is 0.426. The Bertz CT molecular complexity index is 507. The normalized spacial score (nSPS) is 16.9. The fourth-order valence-corrected chi connectivity index (χ4v) is 2.11. The van der Waals surface area contributed by atoms with Crippen LogP contribution in [-0.2, 0) is 14.3 Å². The fourth-order valence-electron chi connectivity index (χ4n) is 2.11. The van der Waals surface area contributed by atoms with E-state index in [2.05, 4.69) is 19.9 Å². The zero-order valence-electron chi connectivity index (χ0n) is 12.9. The molecule has 0 amide bonds. The predicted octanol–water partition coefficient (Wildman–Crippen LogP) is 3.07. The lowest BCUT2D eigenvalue weighted by atomic mass is 9.90. The second-order valence-corrected chi connectivity index (χ2v) is 4.79. The van der Waals surface area contributed by atoms with E-state index in [1.54, 1.807) is 6.92 Å². The number of hydrogen-bond acceptors (Lipinski definition) is 3. The Morgan fingerprint density at radius 3 is 2.35 bits per heavy atom. The van der Waals surface area contributed by atoms with Crippen LogP contribution in [0.25, 0.3) is 0 Å². The van der Waals surface area contributed by atoms with Crippen LogP contribution in [0, 0.1) is 0 Å². The van der Waals surface area contributed by atoms with Crippen LogP contribution in [0.3, 0.4) is 0 Å². The lowest BCUT2D eigenvalue weighted by Crippen LogP contribution is -2.25. The van der Waals surface area contributed by atoms with Crippen molar-refractivity contribution in [1.82, 2.24) is 0 Å². The topological polar surface area (TPSA) is 56.9 Å². The van der Waals surface area contributed by atoms with Gasteiger partial charge >= 0.3 is 5.78 Å². The van der Waals surface area contributed by atoms with E-state index >= 15 is 0 Å². The minimum Gasteiger partial charge on any atom is -0.489 e. The Morgan fingerprint density at radius 1 is 1.25 bits per heavy atom. The highest BCUT2D eigenvalue weighted by atomic mass is 16.5. The average Bonchev–Trinajstić information content (AvgIpc) is 2.45. The van der Waals surface area contributed by atoms with Crippen molar-refractivity contribution in [2.45, 2.75) is 40.0 Å². The van der Waals surface area contributed by atoms with Gasteiger partial charge in [-0.15, -0.1) is 0 Å². The molecule has 0 bridgehead atoms. The number of rotatable bonds is 6. The molecule has 0 saturated carbocycles. The molecule has 110 valence electrons. The lowest BCUT2D eigenvalue weighted by molar-refractivity contribution is -0.115. The van der Waals surface area contributed by atoms with Gasteiger partial charge in [0.25, 0.3) is 5.76 Å². The molecule has 0 fully saturated rings. The first-order valence-electron chi connectivity index (χ1n) is 6.76. The summed E-state index contributed by atoms with van der Waals surface area (Å²) in [6.45, 7) is 5.89. The molecule has 0 atom stereocenters. The Balaban J connectivity index is 3.00. The molecule has 20 heavy (non-hydrogen) atoms. The number of ketones is 2. The minimum absolute atomic E-state index is 0.0184. The summed E-state index contributed by atoms with van der Waals surface area (Å²) in [5, 5.41) is 0. The third-order valence-corrected chi connectivity index (χ3v) is 3.56. The SMILES string of the molecule is CC/C(C)=C/CCC1=C(C)C(=[OH+])C(OC)=C(OC)C1=O. The number of ether oxygens (including phenoxy) is 2. The van der Waals surface area contributed by atoms with E-state index in [4.69, 9.17) is 9.47 Å². The maximum absolute atomic E-state index is 12.4. The van der Waals surface area contributed by atoms with E-state index in [0.717, 1.165) is 12.8 Å². The monoisotopic (exact) mass is 279 g/mol. The Kier molecular flexibility index (Phi) is 5.74. The molecule has 0 aromatic rings. The summed E-state index contributed by atoms with van der Waals surface area (Å²) < 4.78 is 10.1. The first-order chi connectivity index (χ1) is 9.47. The summed E-state index contributed by atoms with van der Waals surface area (Å²) >= 11 is 0. The lowest BCUT2D eigenvalue weighted by Gasteiger charge is -2.17. The van der Waals surface area contributed by atoms with E-state index in [0.29, 0.717) is 17.6 Å². The van der Waals surface area contributed by atoms with Crippen molar-refractivity contribution < 1.29 is 19.1 Å². The van der Waals surface area contributed by atoms with E-state index in [1.807, 2.05) is 0 Å². The summed E-state index contributed by atoms with van der Waals surface area (Å²) in [6.07, 6.45) is 4.47. The average molecular weight is 279 g/mol. The number of hydrogen-bond donors (Lipinski definition) is 0. The molecular formula is C16H23O4+. The van der Waals surface area contributed by atoms with Crippen LogP contribution in [0.5, 0.6) is 0 Å². The van der Waals surface area contributed by atoms with Gasteiger partial charge in [0.1, 0.15) is 0 Å². The van der Waals surface area contributed by atoms with Gasteiger partial charge in [0.15, 0.2) is 0 Å². The van der Waals surface area contributed by atoms with E-state index in [9.17, 15) is 9.59 Å². The molecule has 0 unspecified atom stereocenters. The molecule has 1 aliphatic rings. The van der Waals surface area contributed by atoms with E-state index in [-0.39, 0.29) is 23.1 Å². The first-order valence-corrected chi connectivity index (χ1v) is 6.76. The van der Waals surface area contributed by atoms with Gasteiger partial charge in [-0.05, 0) is 33.1 Å². The van der Waals surface area contributed by atoms with Crippen molar-refractivity contribution >= 4 is 11.6 Å². The number of methoxy groups -OCH3 is 2. The van der Waals surface area contributed by atoms with Crippen molar-refractivity contribution in [1.29, 1.82) is 0 Å². The Labute approximate surface area is 120 Å². The van der Waals surface area contributed by atoms with Crippen molar-refractivity contribution in [3.05, 3.63) is 34.3 Å². The molecule has 0 aromatic carbocycles. The van der Waals surface area contributed by atoms with Crippen LogP contribution in [0.15, 0.2) is 34.3 Å². The summed E-state index contributed by atoms with van der Waals surface area (Å²) in [5.41, 5.74) is 2.44. The van der Waals surface area contributed by atoms with Gasteiger partial charge in [0.2, 0.25) is 11.5 Å². The van der Waals surface area contributed by atoms with Gasteiger partial charge < -0.3 is 9.47 Å². The number of carbonyl (C=O) groups excluding carboxylic acids is 2. The van der Waals surface area contributed by atoms with Crippen LogP contribution in [0.1, 0.15) is 40.0 Å². The standard InChI is InChI=1S/C16H22O4/c1-6-10(2)8-7-9-12-11(3)13(17)15(19-4)16(20-5)14(12)18/h8H,6-7,9H2,1-5H3/p+1/b10-8+. The van der Waals surface area contributed by atoms with Crippen LogP contribution in [0.4, 0.5) is 0 Å². The summed E-state index contributed by atoms with van der Waals surface area (Å²) in [5.74, 6) is -0.0434. The Morgan fingerprint density at radius 2 is 1.85 bits per heavy atom. The van der Waals surface area contributed by atoms with Gasteiger partial charge in [0, 0.05) is 5.57 Å². The molecule has 0 aromatic heterocycles. The maximum atomic E-state index is 12.4. The zero-order chi connectivity index (χ0) is 15.3. The Hall–Kier alpha value is -1.84. The van der Waals surface area contributed by atoms with Gasteiger partial charge in [0.05, 0.1) is 19.8 Å². The smallest absolute Gasteiger partial charge is 0.388 e. The van der Waals surface area contributed by atoms with Crippen molar-refractivity contribution in [2.75, 3.05) is 14.2 Å². The highest BCUT2D eigenvalue weighted by Gasteiger charge is 2.38. The van der Waals surface area contributed by atoms with Gasteiger partial charge in [-0.2, -0.15) is 0 Å². The van der Waals surface area contributed by atoms with Crippen molar-refractivity contribution in [2.24, 2.45) is 0 Å². The van der Waals surface area contributed by atoms with E-state index < -0.39 is 0 Å². The molecule has 1 rings (SSSR count). The number of Topliss-reactive ketones (excluding diaryl/α,β-unsaturated/α-hetero) is 1. The molecular weight excluding hydrogens is 256 g/mol. The number of allylic oxidation sites excluding steroid dienone is 4. The molecule has 1 aliphatic carbocycles. The molecule has 0 spiro atoms. The predicted molar refractivity (Wildman–Crippen MR) is 79.0 cm³/mol. The second-order valence-electron chi connectivity index (χ2n) is 4.79. The second kappa shape index (κ2) is 7.08.